The highest BCUT2D eigenvalue weighted by atomic mass is 35.5. The first-order valence-electron chi connectivity index (χ1n) is 6.95. The van der Waals surface area contributed by atoms with Gasteiger partial charge in [-0.15, -0.1) is 0 Å². The lowest BCUT2D eigenvalue weighted by molar-refractivity contribution is 0.0986. The molecule has 0 saturated heterocycles. The summed E-state index contributed by atoms with van der Waals surface area (Å²) in [5.74, 6) is -0.656. The molecule has 0 spiro atoms. The predicted octanol–water partition coefficient (Wildman–Crippen LogP) is 4.93. The van der Waals surface area contributed by atoms with Gasteiger partial charge in [-0.25, -0.2) is 4.39 Å². The van der Waals surface area contributed by atoms with Crippen molar-refractivity contribution in [3.05, 3.63) is 64.9 Å². The Morgan fingerprint density at radius 1 is 1.19 bits per heavy atom. The maximum atomic E-state index is 13.1. The number of para-hydroxylation sites is 1. The van der Waals surface area contributed by atoms with Crippen molar-refractivity contribution < 1.29 is 9.18 Å². The summed E-state index contributed by atoms with van der Waals surface area (Å²) in [6, 6.07) is 13.3. The molecular weight excluding hydrogens is 289 g/mol. The van der Waals surface area contributed by atoms with Gasteiger partial charge in [-0.05, 0) is 36.8 Å². The molecule has 0 N–H and O–H groups in total. The molecule has 2 aromatic carbocycles. The Hall–Kier alpha value is -1.87. The van der Waals surface area contributed by atoms with E-state index in [-0.39, 0.29) is 10.9 Å². The summed E-state index contributed by atoms with van der Waals surface area (Å²) in [6.45, 7) is 2.67. The average Bonchev–Trinajstić information content (AvgIpc) is 2.48. The molecular formula is C17H17ClFNO. The van der Waals surface area contributed by atoms with Crippen LogP contribution in [-0.4, -0.2) is 12.5 Å². The molecule has 0 aliphatic carbocycles. The van der Waals surface area contributed by atoms with Gasteiger partial charge in [-0.2, -0.15) is 0 Å². The van der Waals surface area contributed by atoms with Gasteiger partial charge in [0, 0.05) is 12.2 Å². The molecule has 0 heterocycles. The van der Waals surface area contributed by atoms with Gasteiger partial charge in [0.2, 0.25) is 0 Å². The number of unbranched alkanes of at least 4 members (excludes halogenated alkanes) is 1. The molecule has 21 heavy (non-hydrogen) atoms. The fourth-order valence-corrected chi connectivity index (χ4v) is 2.33. The highest BCUT2D eigenvalue weighted by Gasteiger charge is 2.19. The lowest BCUT2D eigenvalue weighted by atomic mass is 10.1. The Morgan fingerprint density at radius 2 is 1.90 bits per heavy atom. The summed E-state index contributed by atoms with van der Waals surface area (Å²) in [5.41, 5.74) is 1.13. The zero-order valence-corrected chi connectivity index (χ0v) is 12.6. The topological polar surface area (TPSA) is 20.3 Å². The SMILES string of the molecule is CCCCN(C(=O)c1ccc(F)cc1Cl)c1ccccc1. The van der Waals surface area contributed by atoms with E-state index in [9.17, 15) is 9.18 Å². The minimum absolute atomic E-state index is 0.137. The lowest BCUT2D eigenvalue weighted by Crippen LogP contribution is -2.32. The standard InChI is InChI=1S/C17H17ClFNO/c1-2-3-11-20(14-7-5-4-6-8-14)17(21)15-10-9-13(19)12-16(15)18/h4-10,12H,2-3,11H2,1H3. The minimum atomic E-state index is -0.448. The molecule has 4 heteroatoms. The van der Waals surface area contributed by atoms with Crippen LogP contribution in [0, 0.1) is 5.82 Å². The summed E-state index contributed by atoms with van der Waals surface area (Å²) < 4.78 is 13.1. The predicted molar refractivity (Wildman–Crippen MR) is 84.4 cm³/mol. The van der Waals surface area contributed by atoms with Gasteiger partial charge in [-0.1, -0.05) is 43.1 Å². The van der Waals surface area contributed by atoms with E-state index in [2.05, 4.69) is 6.92 Å². The number of benzene rings is 2. The van der Waals surface area contributed by atoms with Crippen molar-refractivity contribution in [2.45, 2.75) is 19.8 Å². The molecule has 2 aromatic rings. The number of nitrogens with zero attached hydrogens (tertiary/aromatic N) is 1. The molecule has 0 saturated carbocycles. The normalized spacial score (nSPS) is 10.4. The number of carbonyl (C=O) groups is 1. The number of amides is 1. The Kier molecular flexibility index (Phi) is 5.34. The molecule has 0 unspecified atom stereocenters. The zero-order valence-electron chi connectivity index (χ0n) is 11.9. The molecule has 2 rings (SSSR count). The van der Waals surface area contributed by atoms with Crippen LogP contribution in [0.15, 0.2) is 48.5 Å². The lowest BCUT2D eigenvalue weighted by Gasteiger charge is -2.23. The van der Waals surface area contributed by atoms with Crippen molar-refractivity contribution in [1.29, 1.82) is 0 Å². The summed E-state index contributed by atoms with van der Waals surface area (Å²) >= 11 is 6.00. The first-order chi connectivity index (χ1) is 10.1. The Balaban J connectivity index is 2.34. The zero-order chi connectivity index (χ0) is 15.2. The van der Waals surface area contributed by atoms with Gasteiger partial charge in [-0.3, -0.25) is 4.79 Å². The quantitative estimate of drug-likeness (QED) is 0.767. The number of rotatable bonds is 5. The molecule has 0 atom stereocenters. The van der Waals surface area contributed by atoms with Gasteiger partial charge in [0.1, 0.15) is 5.82 Å². The maximum absolute atomic E-state index is 13.1. The van der Waals surface area contributed by atoms with E-state index in [0.717, 1.165) is 24.6 Å². The molecule has 2 nitrogen and oxygen atoms in total. The van der Waals surface area contributed by atoms with Gasteiger partial charge < -0.3 is 4.90 Å². The van der Waals surface area contributed by atoms with Gasteiger partial charge in [0.15, 0.2) is 0 Å². The average molecular weight is 306 g/mol. The fraction of sp³-hybridized carbons (Fsp3) is 0.235. The van der Waals surface area contributed by atoms with Crippen LogP contribution in [0.25, 0.3) is 0 Å². The summed E-state index contributed by atoms with van der Waals surface area (Å²) in [6.07, 6.45) is 1.87. The van der Waals surface area contributed by atoms with Crippen molar-refractivity contribution >= 4 is 23.2 Å². The van der Waals surface area contributed by atoms with Crippen molar-refractivity contribution in [1.82, 2.24) is 0 Å². The van der Waals surface area contributed by atoms with E-state index >= 15 is 0 Å². The second kappa shape index (κ2) is 7.23. The molecule has 0 fully saturated rings. The van der Waals surface area contributed by atoms with Crippen molar-refractivity contribution in [2.75, 3.05) is 11.4 Å². The molecule has 0 radical (unpaired) electrons. The Bertz CT molecular complexity index is 615. The van der Waals surface area contributed by atoms with Crippen LogP contribution < -0.4 is 4.90 Å². The second-order valence-corrected chi connectivity index (χ2v) is 5.18. The van der Waals surface area contributed by atoms with Crippen LogP contribution in [0.5, 0.6) is 0 Å². The number of carbonyl (C=O) groups excluding carboxylic acids is 1. The van der Waals surface area contributed by atoms with Crippen molar-refractivity contribution in [2.24, 2.45) is 0 Å². The van der Waals surface area contributed by atoms with E-state index in [0.29, 0.717) is 12.1 Å². The van der Waals surface area contributed by atoms with Gasteiger partial charge in [0.25, 0.3) is 5.91 Å². The van der Waals surface area contributed by atoms with E-state index in [4.69, 9.17) is 11.6 Å². The first kappa shape index (κ1) is 15.5. The first-order valence-corrected chi connectivity index (χ1v) is 7.33. The van der Waals surface area contributed by atoms with Crippen molar-refractivity contribution in [3.8, 4) is 0 Å². The summed E-state index contributed by atoms with van der Waals surface area (Å²) in [4.78, 5) is 14.4. The van der Waals surface area contributed by atoms with E-state index in [1.165, 1.54) is 12.1 Å². The Morgan fingerprint density at radius 3 is 2.52 bits per heavy atom. The third kappa shape index (κ3) is 3.82. The van der Waals surface area contributed by atoms with E-state index < -0.39 is 5.82 Å². The highest BCUT2D eigenvalue weighted by Crippen LogP contribution is 2.23. The van der Waals surface area contributed by atoms with Crippen LogP contribution in [0.4, 0.5) is 10.1 Å². The molecule has 0 aromatic heterocycles. The third-order valence-corrected chi connectivity index (χ3v) is 3.52. The summed E-state index contributed by atoms with van der Waals surface area (Å²) in [7, 11) is 0. The van der Waals surface area contributed by atoms with Crippen molar-refractivity contribution in [3.63, 3.8) is 0 Å². The maximum Gasteiger partial charge on any atom is 0.259 e. The molecule has 0 aliphatic rings. The monoisotopic (exact) mass is 305 g/mol. The van der Waals surface area contributed by atoms with E-state index in [1.54, 1.807) is 4.90 Å². The largest absolute Gasteiger partial charge is 0.308 e. The van der Waals surface area contributed by atoms with Crippen LogP contribution >= 0.6 is 11.6 Å². The third-order valence-electron chi connectivity index (χ3n) is 3.21. The van der Waals surface area contributed by atoms with Crippen LogP contribution in [-0.2, 0) is 0 Å². The van der Waals surface area contributed by atoms with Crippen LogP contribution in [0.3, 0.4) is 0 Å². The van der Waals surface area contributed by atoms with E-state index in [1.807, 2.05) is 30.3 Å². The molecule has 0 aliphatic heterocycles. The highest BCUT2D eigenvalue weighted by molar-refractivity contribution is 6.34. The van der Waals surface area contributed by atoms with Crippen LogP contribution in [0.1, 0.15) is 30.1 Å². The summed E-state index contributed by atoms with van der Waals surface area (Å²) in [5, 5.41) is 0.137. The fourth-order valence-electron chi connectivity index (χ4n) is 2.08. The number of anilines is 1. The van der Waals surface area contributed by atoms with Gasteiger partial charge >= 0.3 is 0 Å². The smallest absolute Gasteiger partial charge is 0.259 e. The Labute approximate surface area is 129 Å². The molecule has 110 valence electrons. The number of hydrogen-bond donors (Lipinski definition) is 0. The second-order valence-electron chi connectivity index (χ2n) is 4.77. The molecule has 1 amide bonds. The molecule has 0 bridgehead atoms. The number of halogens is 2. The van der Waals surface area contributed by atoms with Gasteiger partial charge in [0.05, 0.1) is 10.6 Å². The number of hydrogen-bond acceptors (Lipinski definition) is 1. The minimum Gasteiger partial charge on any atom is -0.308 e. The van der Waals surface area contributed by atoms with Crippen LogP contribution in [0.2, 0.25) is 5.02 Å².